The van der Waals surface area contributed by atoms with Gasteiger partial charge in [-0.05, 0) is 132 Å². The Kier molecular flexibility index (Phi) is 6.21. The lowest BCUT2D eigenvalue weighted by atomic mass is 9.79. The lowest BCUT2D eigenvalue weighted by Gasteiger charge is -2.24. The summed E-state index contributed by atoms with van der Waals surface area (Å²) in [7, 11) is 0. The SMILES string of the molecule is CC1(C)c2cccc(-c3c4ccccc4c(-c4cccc5c4ccc4cc6ccccc6cc45)c4ccccc34)c2-c2c1c1ccccc1c1ccccc21. The van der Waals surface area contributed by atoms with E-state index in [9.17, 15) is 0 Å². The number of hydrogen-bond donors (Lipinski definition) is 0. The monoisotopic (exact) mass is 696 g/mol. The van der Waals surface area contributed by atoms with Gasteiger partial charge in [-0.1, -0.05) is 184 Å². The lowest BCUT2D eigenvalue weighted by molar-refractivity contribution is 0.666. The highest BCUT2D eigenvalue weighted by atomic mass is 14.4. The third-order valence-corrected chi connectivity index (χ3v) is 12.8. The lowest BCUT2D eigenvalue weighted by Crippen LogP contribution is -2.15. The van der Waals surface area contributed by atoms with Crippen molar-refractivity contribution in [2.45, 2.75) is 19.3 Å². The van der Waals surface area contributed by atoms with Gasteiger partial charge in [-0.3, -0.25) is 0 Å². The average Bonchev–Trinajstić information content (AvgIpc) is 3.49. The minimum Gasteiger partial charge on any atom is -0.0616 e. The van der Waals surface area contributed by atoms with Crippen LogP contribution in [-0.2, 0) is 5.41 Å². The van der Waals surface area contributed by atoms with Gasteiger partial charge in [0.05, 0.1) is 0 Å². The van der Waals surface area contributed by atoms with Crippen molar-refractivity contribution >= 4 is 75.4 Å². The zero-order valence-electron chi connectivity index (χ0n) is 30.8. The van der Waals surface area contributed by atoms with Gasteiger partial charge in [0.2, 0.25) is 0 Å². The standard InChI is InChI=1S/C55H36/c1-55(2)49-28-14-27-47(52(49)53-41-19-7-5-17-36(41)37-18-6-12-24-46(37)54(53)55)51-44-22-10-8-20-42(44)50(43-21-9-11-23-45(43)51)40-26-13-25-38-39(40)30-29-35-31-33-15-3-4-16-34(33)32-48(35)38/h3-32H,1-2H3. The molecule has 0 amide bonds. The molecule has 0 saturated carbocycles. The van der Waals surface area contributed by atoms with Crippen LogP contribution >= 0.6 is 0 Å². The minimum atomic E-state index is -0.174. The van der Waals surface area contributed by atoms with Crippen LogP contribution in [0.2, 0.25) is 0 Å². The van der Waals surface area contributed by atoms with Crippen LogP contribution in [0.4, 0.5) is 0 Å². The molecule has 0 fully saturated rings. The minimum absolute atomic E-state index is 0.174. The normalized spacial score (nSPS) is 13.4. The van der Waals surface area contributed by atoms with Crippen LogP contribution < -0.4 is 0 Å². The third kappa shape index (κ3) is 4.12. The van der Waals surface area contributed by atoms with E-state index in [0.29, 0.717) is 0 Å². The van der Waals surface area contributed by atoms with Crippen LogP contribution in [-0.4, -0.2) is 0 Å². The molecule has 0 spiro atoms. The van der Waals surface area contributed by atoms with Gasteiger partial charge in [-0.2, -0.15) is 0 Å². The summed E-state index contributed by atoms with van der Waals surface area (Å²) in [4.78, 5) is 0. The molecule has 12 rings (SSSR count). The van der Waals surface area contributed by atoms with Crippen LogP contribution in [0.1, 0.15) is 25.0 Å². The van der Waals surface area contributed by atoms with E-state index < -0.39 is 0 Å². The number of rotatable bonds is 2. The van der Waals surface area contributed by atoms with Gasteiger partial charge in [0, 0.05) is 5.41 Å². The second kappa shape index (κ2) is 11.1. The molecule has 256 valence electrons. The quantitative estimate of drug-likeness (QED) is 0.125. The second-order valence-corrected chi connectivity index (χ2v) is 15.9. The predicted octanol–water partition coefficient (Wildman–Crippen LogP) is 15.4. The molecule has 0 saturated heterocycles. The van der Waals surface area contributed by atoms with Gasteiger partial charge in [-0.25, -0.2) is 0 Å². The summed E-state index contributed by atoms with van der Waals surface area (Å²) in [5.74, 6) is 0. The summed E-state index contributed by atoms with van der Waals surface area (Å²) in [6, 6.07) is 68.3. The molecular weight excluding hydrogens is 661 g/mol. The molecule has 1 aliphatic rings. The number of benzene rings is 11. The van der Waals surface area contributed by atoms with E-state index in [-0.39, 0.29) is 5.41 Å². The van der Waals surface area contributed by atoms with Gasteiger partial charge in [0.15, 0.2) is 0 Å². The van der Waals surface area contributed by atoms with Crippen molar-refractivity contribution in [3.8, 4) is 33.4 Å². The van der Waals surface area contributed by atoms with E-state index in [2.05, 4.69) is 196 Å². The van der Waals surface area contributed by atoms with Crippen molar-refractivity contribution in [1.82, 2.24) is 0 Å². The topological polar surface area (TPSA) is 0 Å². The first-order chi connectivity index (χ1) is 27.1. The molecular formula is C55H36. The van der Waals surface area contributed by atoms with E-state index in [1.54, 1.807) is 0 Å². The van der Waals surface area contributed by atoms with Crippen molar-refractivity contribution in [3.63, 3.8) is 0 Å². The summed E-state index contributed by atoms with van der Waals surface area (Å²) < 4.78 is 0. The van der Waals surface area contributed by atoms with Crippen LogP contribution in [0.25, 0.3) is 109 Å². The fraction of sp³-hybridized carbons (Fsp3) is 0.0545. The maximum Gasteiger partial charge on any atom is 0.0165 e. The zero-order chi connectivity index (χ0) is 36.4. The van der Waals surface area contributed by atoms with Gasteiger partial charge in [0.1, 0.15) is 0 Å². The highest BCUT2D eigenvalue weighted by Gasteiger charge is 2.40. The first kappa shape index (κ1) is 30.7. The van der Waals surface area contributed by atoms with E-state index in [4.69, 9.17) is 0 Å². The summed E-state index contributed by atoms with van der Waals surface area (Å²) in [6.07, 6.45) is 0. The molecule has 0 atom stereocenters. The molecule has 0 N–H and O–H groups in total. The van der Waals surface area contributed by atoms with Crippen LogP contribution in [0.5, 0.6) is 0 Å². The van der Waals surface area contributed by atoms with Crippen molar-refractivity contribution in [3.05, 3.63) is 193 Å². The molecule has 1 aliphatic carbocycles. The van der Waals surface area contributed by atoms with Crippen molar-refractivity contribution in [1.29, 1.82) is 0 Å². The maximum atomic E-state index is 2.43. The summed E-state index contributed by atoms with van der Waals surface area (Å²) in [5.41, 5.74) is 10.6. The zero-order valence-corrected chi connectivity index (χ0v) is 30.8. The molecule has 0 aliphatic heterocycles. The molecule has 0 heterocycles. The van der Waals surface area contributed by atoms with E-state index in [1.807, 2.05) is 0 Å². The van der Waals surface area contributed by atoms with Crippen molar-refractivity contribution in [2.24, 2.45) is 0 Å². The Morgan fingerprint density at radius 1 is 0.273 bits per heavy atom. The Balaban J connectivity index is 1.20. The first-order valence-electron chi connectivity index (χ1n) is 19.4. The average molecular weight is 697 g/mol. The van der Waals surface area contributed by atoms with E-state index in [0.717, 1.165) is 0 Å². The van der Waals surface area contributed by atoms with Gasteiger partial charge in [0.25, 0.3) is 0 Å². The first-order valence-corrected chi connectivity index (χ1v) is 19.4. The van der Waals surface area contributed by atoms with E-state index >= 15 is 0 Å². The molecule has 0 radical (unpaired) electrons. The van der Waals surface area contributed by atoms with Gasteiger partial charge >= 0.3 is 0 Å². The highest BCUT2D eigenvalue weighted by Crippen LogP contribution is 2.58. The molecule has 55 heavy (non-hydrogen) atoms. The number of hydrogen-bond acceptors (Lipinski definition) is 0. The Morgan fingerprint density at radius 3 is 1.38 bits per heavy atom. The third-order valence-electron chi connectivity index (χ3n) is 12.8. The van der Waals surface area contributed by atoms with Crippen LogP contribution in [0, 0.1) is 0 Å². The summed E-state index contributed by atoms with van der Waals surface area (Å²) >= 11 is 0. The van der Waals surface area contributed by atoms with Gasteiger partial charge in [-0.15, -0.1) is 0 Å². The second-order valence-electron chi connectivity index (χ2n) is 15.9. The fourth-order valence-corrected chi connectivity index (χ4v) is 10.4. The maximum absolute atomic E-state index is 2.43. The summed E-state index contributed by atoms with van der Waals surface area (Å²) in [5, 5.41) is 18.1. The summed E-state index contributed by atoms with van der Waals surface area (Å²) in [6.45, 7) is 4.85. The highest BCUT2D eigenvalue weighted by molar-refractivity contribution is 6.27. The Hall–Kier alpha value is -6.76. The molecule has 0 bridgehead atoms. The smallest absolute Gasteiger partial charge is 0.0165 e. The largest absolute Gasteiger partial charge is 0.0616 e. The fourth-order valence-electron chi connectivity index (χ4n) is 10.4. The number of fused-ring (bicyclic) bond motifs is 14. The molecule has 0 aromatic heterocycles. The molecule has 11 aromatic carbocycles. The van der Waals surface area contributed by atoms with Crippen molar-refractivity contribution in [2.75, 3.05) is 0 Å². The van der Waals surface area contributed by atoms with Gasteiger partial charge < -0.3 is 0 Å². The molecule has 0 unspecified atom stereocenters. The van der Waals surface area contributed by atoms with E-state index in [1.165, 1.54) is 120 Å². The molecule has 0 heteroatoms. The Labute approximate surface area is 319 Å². The Morgan fingerprint density at radius 2 is 0.727 bits per heavy atom. The van der Waals surface area contributed by atoms with Crippen molar-refractivity contribution < 1.29 is 0 Å². The molecule has 0 nitrogen and oxygen atoms in total. The Bertz CT molecular complexity index is 3390. The molecule has 11 aromatic rings. The van der Waals surface area contributed by atoms with Crippen LogP contribution in [0.15, 0.2) is 182 Å². The van der Waals surface area contributed by atoms with Crippen LogP contribution in [0.3, 0.4) is 0 Å². The predicted molar refractivity (Wildman–Crippen MR) is 237 cm³/mol.